The van der Waals surface area contributed by atoms with Crippen molar-refractivity contribution in [1.82, 2.24) is 0 Å². The van der Waals surface area contributed by atoms with E-state index in [0.717, 1.165) is 11.4 Å². The predicted octanol–water partition coefficient (Wildman–Crippen LogP) is 5.08. The molecule has 2 aromatic carbocycles. The summed E-state index contributed by atoms with van der Waals surface area (Å²) in [6.07, 6.45) is 0. The fourth-order valence-corrected chi connectivity index (χ4v) is 1.91. The van der Waals surface area contributed by atoms with E-state index in [1.807, 2.05) is 12.1 Å². The van der Waals surface area contributed by atoms with Crippen LogP contribution in [-0.2, 0) is 0 Å². The number of para-hydroxylation sites is 1. The maximum absolute atomic E-state index is 4.71. The molecule has 0 aliphatic heterocycles. The number of aliphatic imine (C=N–C) groups is 1. The number of nitrogens with zero attached hydrogens (tertiary/aromatic N) is 1. The van der Waals surface area contributed by atoms with Crippen LogP contribution in [0.1, 0.15) is 31.0 Å². The molecule has 0 N–H and O–H groups in total. The van der Waals surface area contributed by atoms with Gasteiger partial charge in [-0.15, -0.1) is 0 Å². The number of hydrogen-bond acceptors (Lipinski definition) is 1. The summed E-state index contributed by atoms with van der Waals surface area (Å²) in [5.74, 6) is 0. The second-order valence-electron chi connectivity index (χ2n) is 4.30. The van der Waals surface area contributed by atoms with Gasteiger partial charge in [0.15, 0.2) is 0 Å². The van der Waals surface area contributed by atoms with Crippen LogP contribution in [0.2, 0.25) is 0 Å². The second kappa shape index (κ2) is 6.15. The summed E-state index contributed by atoms with van der Waals surface area (Å²) < 4.78 is 0. The zero-order valence-electron chi connectivity index (χ0n) is 10.6. The normalized spacial score (nSPS) is 10.9. The van der Waals surface area contributed by atoms with E-state index in [1.54, 1.807) is 0 Å². The lowest BCUT2D eigenvalue weighted by atomic mass is 10.1. The van der Waals surface area contributed by atoms with Gasteiger partial charge in [-0.25, -0.2) is 0 Å². The average molecular weight is 239 g/mol. The molecule has 0 spiro atoms. The molecule has 2 aromatic rings. The Kier molecular flexibility index (Phi) is 4.85. The topological polar surface area (TPSA) is 12.4 Å². The van der Waals surface area contributed by atoms with Crippen molar-refractivity contribution >= 4 is 11.4 Å². The van der Waals surface area contributed by atoms with Crippen molar-refractivity contribution in [1.29, 1.82) is 0 Å². The molecular formula is C17H21N. The molecule has 0 amide bonds. The minimum Gasteiger partial charge on any atom is -0.253 e. The lowest BCUT2D eigenvalue weighted by molar-refractivity contribution is 1.37. The highest BCUT2D eigenvalue weighted by atomic mass is 14.7. The van der Waals surface area contributed by atoms with Crippen molar-refractivity contribution in [2.24, 2.45) is 4.99 Å². The van der Waals surface area contributed by atoms with Gasteiger partial charge in [-0.1, -0.05) is 49.9 Å². The second-order valence-corrected chi connectivity index (χ2v) is 4.30. The van der Waals surface area contributed by atoms with Crippen LogP contribution in [0.5, 0.6) is 0 Å². The van der Waals surface area contributed by atoms with Gasteiger partial charge in [0.05, 0.1) is 5.69 Å². The highest BCUT2D eigenvalue weighted by Gasteiger charge is 2.01. The molecule has 0 aromatic heterocycles. The van der Waals surface area contributed by atoms with Crippen molar-refractivity contribution in [2.75, 3.05) is 0 Å². The minimum atomic E-state index is 0. The Morgan fingerprint density at radius 1 is 0.833 bits per heavy atom. The SMILES string of the molecule is C.CC(=Nc1ccccc1C)c1ccccc1C. The van der Waals surface area contributed by atoms with Gasteiger partial charge in [0.1, 0.15) is 0 Å². The maximum Gasteiger partial charge on any atom is 0.0662 e. The summed E-state index contributed by atoms with van der Waals surface area (Å²) in [7, 11) is 0. The van der Waals surface area contributed by atoms with Gasteiger partial charge >= 0.3 is 0 Å². The van der Waals surface area contributed by atoms with Crippen molar-refractivity contribution < 1.29 is 0 Å². The predicted molar refractivity (Wildman–Crippen MR) is 81.0 cm³/mol. The Labute approximate surface area is 110 Å². The van der Waals surface area contributed by atoms with E-state index in [1.165, 1.54) is 16.7 Å². The van der Waals surface area contributed by atoms with Crippen LogP contribution in [0.4, 0.5) is 5.69 Å². The maximum atomic E-state index is 4.71. The van der Waals surface area contributed by atoms with Crippen LogP contribution >= 0.6 is 0 Å². The standard InChI is InChI=1S/C16H17N.CH4/c1-12-8-4-6-10-15(12)14(3)17-16-11-7-5-9-13(16)2;/h4-11H,1-3H3;1H4. The molecule has 2 rings (SSSR count). The first kappa shape index (κ1) is 14.2. The van der Waals surface area contributed by atoms with Crippen molar-refractivity contribution in [2.45, 2.75) is 28.2 Å². The van der Waals surface area contributed by atoms with Gasteiger partial charge in [0, 0.05) is 5.71 Å². The Morgan fingerprint density at radius 2 is 1.39 bits per heavy atom. The van der Waals surface area contributed by atoms with E-state index < -0.39 is 0 Å². The van der Waals surface area contributed by atoms with Crippen molar-refractivity contribution in [3.05, 3.63) is 65.2 Å². The van der Waals surface area contributed by atoms with E-state index >= 15 is 0 Å². The van der Waals surface area contributed by atoms with Gasteiger partial charge in [0.25, 0.3) is 0 Å². The molecule has 0 atom stereocenters. The van der Waals surface area contributed by atoms with Crippen molar-refractivity contribution in [3.63, 3.8) is 0 Å². The van der Waals surface area contributed by atoms with Gasteiger partial charge in [-0.05, 0) is 43.5 Å². The van der Waals surface area contributed by atoms with Crippen LogP contribution in [0, 0.1) is 13.8 Å². The van der Waals surface area contributed by atoms with E-state index in [2.05, 4.69) is 57.2 Å². The third kappa shape index (κ3) is 3.07. The number of aryl methyl sites for hydroxylation is 2. The quantitative estimate of drug-likeness (QED) is 0.648. The fourth-order valence-electron chi connectivity index (χ4n) is 1.91. The Bertz CT molecular complexity index is 553. The van der Waals surface area contributed by atoms with Crippen LogP contribution in [0.25, 0.3) is 0 Å². The summed E-state index contributed by atoms with van der Waals surface area (Å²) in [5.41, 5.74) is 5.81. The molecule has 0 unspecified atom stereocenters. The fraction of sp³-hybridized carbons (Fsp3) is 0.235. The molecule has 0 fully saturated rings. The third-order valence-electron chi connectivity index (χ3n) is 2.94. The van der Waals surface area contributed by atoms with Gasteiger partial charge in [-0.2, -0.15) is 0 Å². The van der Waals surface area contributed by atoms with Gasteiger partial charge in [0.2, 0.25) is 0 Å². The minimum absolute atomic E-state index is 0. The average Bonchev–Trinajstić information content (AvgIpc) is 2.32. The molecule has 1 heteroatoms. The monoisotopic (exact) mass is 239 g/mol. The van der Waals surface area contributed by atoms with Gasteiger partial charge < -0.3 is 0 Å². The molecule has 18 heavy (non-hydrogen) atoms. The lowest BCUT2D eigenvalue weighted by Gasteiger charge is -2.06. The Balaban J connectivity index is 0.00000162. The summed E-state index contributed by atoms with van der Waals surface area (Å²) in [5, 5.41) is 0. The summed E-state index contributed by atoms with van der Waals surface area (Å²) in [6.45, 7) is 6.27. The van der Waals surface area contributed by atoms with Crippen molar-refractivity contribution in [3.8, 4) is 0 Å². The molecule has 0 radical (unpaired) electrons. The molecule has 0 aliphatic carbocycles. The molecule has 0 bridgehead atoms. The summed E-state index contributed by atoms with van der Waals surface area (Å²) in [4.78, 5) is 4.71. The van der Waals surface area contributed by atoms with Gasteiger partial charge in [-0.3, -0.25) is 4.99 Å². The Hall–Kier alpha value is -1.89. The van der Waals surface area contributed by atoms with E-state index in [4.69, 9.17) is 4.99 Å². The highest BCUT2D eigenvalue weighted by Crippen LogP contribution is 2.19. The number of rotatable bonds is 2. The highest BCUT2D eigenvalue weighted by molar-refractivity contribution is 6.01. The first-order chi connectivity index (χ1) is 8.18. The smallest absolute Gasteiger partial charge is 0.0662 e. The molecule has 0 saturated heterocycles. The number of benzene rings is 2. The molecule has 0 heterocycles. The summed E-state index contributed by atoms with van der Waals surface area (Å²) >= 11 is 0. The van der Waals surface area contributed by atoms with Crippen LogP contribution in [0.15, 0.2) is 53.5 Å². The zero-order chi connectivity index (χ0) is 12.3. The lowest BCUT2D eigenvalue weighted by Crippen LogP contribution is -1.97. The molecule has 1 nitrogen and oxygen atoms in total. The van der Waals surface area contributed by atoms with E-state index in [0.29, 0.717) is 0 Å². The summed E-state index contributed by atoms with van der Waals surface area (Å²) in [6, 6.07) is 16.5. The number of hydrogen-bond donors (Lipinski definition) is 0. The van der Waals surface area contributed by atoms with Crippen LogP contribution < -0.4 is 0 Å². The molecular weight excluding hydrogens is 218 g/mol. The molecule has 94 valence electrons. The van der Waals surface area contributed by atoms with E-state index in [9.17, 15) is 0 Å². The van der Waals surface area contributed by atoms with E-state index in [-0.39, 0.29) is 7.43 Å². The molecule has 0 aliphatic rings. The zero-order valence-corrected chi connectivity index (χ0v) is 10.6. The third-order valence-corrected chi connectivity index (χ3v) is 2.94. The molecule has 0 saturated carbocycles. The Morgan fingerprint density at radius 3 is 2.00 bits per heavy atom. The largest absolute Gasteiger partial charge is 0.253 e. The van der Waals surface area contributed by atoms with Crippen LogP contribution in [0.3, 0.4) is 0 Å². The first-order valence-corrected chi connectivity index (χ1v) is 5.85. The van der Waals surface area contributed by atoms with Crippen LogP contribution in [-0.4, -0.2) is 5.71 Å². The first-order valence-electron chi connectivity index (χ1n) is 5.85.